The number of benzene rings is 1. The summed E-state index contributed by atoms with van der Waals surface area (Å²) < 4.78 is 31.3. The van der Waals surface area contributed by atoms with Crippen molar-refractivity contribution in [1.82, 2.24) is 5.32 Å². The molecule has 21 heavy (non-hydrogen) atoms. The van der Waals surface area contributed by atoms with Crippen molar-refractivity contribution in [2.75, 3.05) is 13.1 Å². The van der Waals surface area contributed by atoms with Crippen molar-refractivity contribution in [3.8, 4) is 0 Å². The molecule has 0 bridgehead atoms. The minimum Gasteiger partial charge on any atom is -0.451 e. The molecule has 0 spiro atoms. The highest BCUT2D eigenvalue weighted by atomic mass is 35.5. The van der Waals surface area contributed by atoms with Crippen LogP contribution in [-0.2, 0) is 0 Å². The fourth-order valence-corrected chi connectivity index (χ4v) is 1.78. The molecule has 2 aromatic rings. The molecule has 116 valence electrons. The van der Waals surface area contributed by atoms with Crippen LogP contribution in [0.15, 0.2) is 22.6 Å². The molecule has 1 heterocycles. The number of amides is 1. The molecule has 0 saturated heterocycles. The lowest BCUT2D eigenvalue weighted by Crippen LogP contribution is -2.41. The topological polar surface area (TPSA) is 68.3 Å². The van der Waals surface area contributed by atoms with Gasteiger partial charge in [-0.15, -0.1) is 12.4 Å². The third-order valence-corrected chi connectivity index (χ3v) is 3.16. The van der Waals surface area contributed by atoms with Gasteiger partial charge in [-0.25, -0.2) is 8.78 Å². The fourth-order valence-electron chi connectivity index (χ4n) is 1.78. The molecule has 0 aliphatic rings. The van der Waals surface area contributed by atoms with Crippen LogP contribution in [0, 0.1) is 13.8 Å². The van der Waals surface area contributed by atoms with Crippen LogP contribution in [-0.4, -0.2) is 24.9 Å². The summed E-state index contributed by atoms with van der Waals surface area (Å²) in [5, 5.41) is 2.89. The average molecular weight is 319 g/mol. The number of carbonyl (C=O) groups excluding carboxylic acids is 1. The summed E-state index contributed by atoms with van der Waals surface area (Å²) in [6, 6.07) is 5.24. The van der Waals surface area contributed by atoms with Gasteiger partial charge in [-0.1, -0.05) is 0 Å². The monoisotopic (exact) mass is 318 g/mol. The molecule has 0 fully saturated rings. The van der Waals surface area contributed by atoms with Crippen molar-refractivity contribution in [1.29, 1.82) is 0 Å². The molecule has 0 unspecified atom stereocenters. The molecule has 1 amide bonds. The van der Waals surface area contributed by atoms with Gasteiger partial charge in [0.15, 0.2) is 5.76 Å². The highest BCUT2D eigenvalue weighted by molar-refractivity contribution is 5.96. The predicted octanol–water partition coefficient (Wildman–Crippen LogP) is 2.80. The van der Waals surface area contributed by atoms with Crippen LogP contribution in [0.2, 0.25) is 0 Å². The van der Waals surface area contributed by atoms with Gasteiger partial charge in [-0.3, -0.25) is 4.79 Å². The van der Waals surface area contributed by atoms with E-state index in [-0.39, 0.29) is 18.2 Å². The van der Waals surface area contributed by atoms with Gasteiger partial charge in [0.1, 0.15) is 5.58 Å². The number of fused-ring (bicyclic) bond motifs is 1. The van der Waals surface area contributed by atoms with E-state index in [0.29, 0.717) is 5.58 Å². The van der Waals surface area contributed by atoms with Crippen molar-refractivity contribution in [3.05, 3.63) is 35.1 Å². The summed E-state index contributed by atoms with van der Waals surface area (Å²) in [6.45, 7) is 2.26. The third kappa shape index (κ3) is 3.92. The quantitative estimate of drug-likeness (QED) is 0.911. The zero-order valence-corrected chi connectivity index (χ0v) is 12.5. The molecular formula is C14H17ClF2N2O2. The van der Waals surface area contributed by atoms with E-state index in [1.54, 1.807) is 0 Å². The number of hydrogen-bond acceptors (Lipinski definition) is 3. The number of nitrogens with two attached hydrogens (primary N) is 1. The number of aryl methyl sites for hydroxylation is 2. The number of halogens is 3. The Labute approximate surface area is 127 Å². The molecule has 0 aliphatic carbocycles. The zero-order valence-electron chi connectivity index (χ0n) is 11.7. The SMILES string of the molecule is Cc1cc2cc(C(=O)NCC(F)(F)CN)oc2cc1C.Cl. The minimum atomic E-state index is -3.12. The van der Waals surface area contributed by atoms with E-state index in [0.717, 1.165) is 16.5 Å². The first kappa shape index (κ1) is 17.4. The summed E-state index contributed by atoms with van der Waals surface area (Å²) in [4.78, 5) is 11.8. The van der Waals surface area contributed by atoms with Crippen molar-refractivity contribution >= 4 is 29.3 Å². The van der Waals surface area contributed by atoms with Gasteiger partial charge in [-0.2, -0.15) is 0 Å². The summed E-state index contributed by atoms with van der Waals surface area (Å²) in [6.07, 6.45) is 0. The highest BCUT2D eigenvalue weighted by Crippen LogP contribution is 2.23. The Balaban J connectivity index is 0.00000220. The molecule has 1 aromatic carbocycles. The number of hydrogen-bond donors (Lipinski definition) is 2. The Hall–Kier alpha value is -1.66. The summed E-state index contributed by atoms with van der Waals surface area (Å²) in [5.41, 5.74) is 7.57. The molecule has 7 heteroatoms. The van der Waals surface area contributed by atoms with Crippen molar-refractivity contribution in [2.45, 2.75) is 19.8 Å². The number of alkyl halides is 2. The largest absolute Gasteiger partial charge is 0.451 e. The van der Waals surface area contributed by atoms with E-state index in [9.17, 15) is 13.6 Å². The van der Waals surface area contributed by atoms with Gasteiger partial charge >= 0.3 is 0 Å². The first-order valence-electron chi connectivity index (χ1n) is 6.19. The van der Waals surface area contributed by atoms with Gasteiger partial charge in [0.25, 0.3) is 11.8 Å². The predicted molar refractivity (Wildman–Crippen MR) is 79.3 cm³/mol. The third-order valence-electron chi connectivity index (χ3n) is 3.16. The van der Waals surface area contributed by atoms with Gasteiger partial charge in [0.05, 0.1) is 13.1 Å². The molecule has 3 N–H and O–H groups in total. The first-order valence-corrected chi connectivity index (χ1v) is 6.19. The van der Waals surface area contributed by atoms with Gasteiger partial charge in [-0.05, 0) is 43.2 Å². The van der Waals surface area contributed by atoms with Crippen LogP contribution in [0.25, 0.3) is 11.0 Å². The number of carbonyl (C=O) groups is 1. The number of nitrogens with one attached hydrogen (secondary N) is 1. The fraction of sp³-hybridized carbons (Fsp3) is 0.357. The zero-order chi connectivity index (χ0) is 14.9. The molecule has 0 aliphatic heterocycles. The Bertz CT molecular complexity index is 617. The van der Waals surface area contributed by atoms with Gasteiger partial charge in [0, 0.05) is 5.39 Å². The molecule has 4 nitrogen and oxygen atoms in total. The molecule has 1 aromatic heterocycles. The molecule has 0 radical (unpaired) electrons. The highest BCUT2D eigenvalue weighted by Gasteiger charge is 2.28. The van der Waals surface area contributed by atoms with E-state index in [2.05, 4.69) is 5.32 Å². The van der Waals surface area contributed by atoms with Gasteiger partial charge in [0.2, 0.25) is 0 Å². The van der Waals surface area contributed by atoms with Crippen LogP contribution in [0.3, 0.4) is 0 Å². The second kappa shape index (κ2) is 6.41. The van der Waals surface area contributed by atoms with Crippen molar-refractivity contribution < 1.29 is 18.0 Å². The minimum absolute atomic E-state index is 0. The van der Waals surface area contributed by atoms with Crippen molar-refractivity contribution in [3.63, 3.8) is 0 Å². The van der Waals surface area contributed by atoms with E-state index in [1.165, 1.54) is 6.07 Å². The van der Waals surface area contributed by atoms with Crippen LogP contribution < -0.4 is 11.1 Å². The first-order chi connectivity index (χ1) is 9.32. The maximum absolute atomic E-state index is 13.0. The lowest BCUT2D eigenvalue weighted by molar-refractivity contribution is 0.0116. The standard InChI is InChI=1S/C14H16F2N2O2.ClH/c1-8-3-10-5-12(20-11(10)4-9(8)2)13(19)18-7-14(15,16)6-17;/h3-5H,6-7,17H2,1-2H3,(H,18,19);1H. The Morgan fingerprint density at radius 3 is 2.52 bits per heavy atom. The smallest absolute Gasteiger partial charge is 0.287 e. The Morgan fingerprint density at radius 2 is 1.90 bits per heavy atom. The lowest BCUT2D eigenvalue weighted by atomic mass is 10.1. The summed E-state index contributed by atoms with van der Waals surface area (Å²) in [7, 11) is 0. The maximum atomic E-state index is 13.0. The van der Waals surface area contributed by atoms with Crippen molar-refractivity contribution in [2.24, 2.45) is 5.73 Å². The van der Waals surface area contributed by atoms with Crippen LogP contribution in [0.4, 0.5) is 8.78 Å². The van der Waals surface area contributed by atoms with E-state index >= 15 is 0 Å². The van der Waals surface area contributed by atoms with E-state index in [4.69, 9.17) is 10.2 Å². The lowest BCUT2D eigenvalue weighted by Gasteiger charge is -2.13. The van der Waals surface area contributed by atoms with E-state index in [1.807, 2.05) is 26.0 Å². The average Bonchev–Trinajstić information content (AvgIpc) is 2.79. The normalized spacial score (nSPS) is 11.3. The summed E-state index contributed by atoms with van der Waals surface area (Å²) in [5.74, 6) is -3.78. The van der Waals surface area contributed by atoms with E-state index < -0.39 is 24.9 Å². The molecule has 2 rings (SSSR count). The Kier molecular flexibility index (Phi) is 5.31. The summed E-state index contributed by atoms with van der Waals surface area (Å²) >= 11 is 0. The second-order valence-electron chi connectivity index (χ2n) is 4.83. The molecular weight excluding hydrogens is 302 g/mol. The van der Waals surface area contributed by atoms with Crippen LogP contribution in [0.1, 0.15) is 21.7 Å². The maximum Gasteiger partial charge on any atom is 0.287 e. The number of rotatable bonds is 4. The van der Waals surface area contributed by atoms with Crippen LogP contribution >= 0.6 is 12.4 Å². The number of furan rings is 1. The Morgan fingerprint density at radius 1 is 1.29 bits per heavy atom. The molecule has 0 atom stereocenters. The second-order valence-corrected chi connectivity index (χ2v) is 4.83. The van der Waals surface area contributed by atoms with Crippen LogP contribution in [0.5, 0.6) is 0 Å². The molecule has 0 saturated carbocycles. The van der Waals surface area contributed by atoms with Gasteiger partial charge < -0.3 is 15.5 Å².